The molecule has 1 aromatic heterocycles. The summed E-state index contributed by atoms with van der Waals surface area (Å²) in [5.74, 6) is -1.79. The van der Waals surface area contributed by atoms with Gasteiger partial charge in [0, 0.05) is 12.0 Å². The van der Waals surface area contributed by atoms with Crippen molar-refractivity contribution in [1.29, 1.82) is 0 Å². The van der Waals surface area contributed by atoms with E-state index >= 15 is 0 Å². The number of aliphatic hydroxyl groups excluding tert-OH is 1. The SMILES string of the molecule is CCC(=O)Nc1nc(S/C(C(C)=O)=C(/C)O)[nH]c(=O)c1NC(=O)c1ccccc1. The lowest BCUT2D eigenvalue weighted by atomic mass is 10.2. The predicted molar refractivity (Wildman–Crippen MR) is 110 cm³/mol. The summed E-state index contributed by atoms with van der Waals surface area (Å²) in [6.45, 7) is 4.20. The number of ketones is 1. The van der Waals surface area contributed by atoms with Crippen molar-refractivity contribution in [3.8, 4) is 0 Å². The Morgan fingerprint density at radius 2 is 1.79 bits per heavy atom. The van der Waals surface area contributed by atoms with Crippen molar-refractivity contribution in [3.63, 3.8) is 0 Å². The first-order valence-electron chi connectivity index (χ1n) is 8.62. The normalized spacial score (nSPS) is 11.4. The summed E-state index contributed by atoms with van der Waals surface area (Å²) in [5, 5.41) is 14.5. The van der Waals surface area contributed by atoms with Crippen LogP contribution in [0.4, 0.5) is 11.5 Å². The zero-order valence-electron chi connectivity index (χ0n) is 16.0. The molecule has 0 aliphatic carbocycles. The van der Waals surface area contributed by atoms with Crippen LogP contribution in [0.3, 0.4) is 0 Å². The molecule has 0 aliphatic rings. The van der Waals surface area contributed by atoms with Gasteiger partial charge in [0.2, 0.25) is 5.91 Å². The van der Waals surface area contributed by atoms with Gasteiger partial charge in [0.25, 0.3) is 11.5 Å². The molecule has 0 unspecified atom stereocenters. The second kappa shape index (κ2) is 9.69. The summed E-state index contributed by atoms with van der Waals surface area (Å²) in [5.41, 5.74) is -0.647. The molecule has 0 aliphatic heterocycles. The van der Waals surface area contributed by atoms with Crippen molar-refractivity contribution < 1.29 is 19.5 Å². The monoisotopic (exact) mass is 416 g/mol. The molecule has 2 aromatic rings. The molecular formula is C19H20N4O5S. The summed E-state index contributed by atoms with van der Waals surface area (Å²) in [4.78, 5) is 55.1. The maximum Gasteiger partial charge on any atom is 0.277 e. The molecule has 0 atom stereocenters. The van der Waals surface area contributed by atoms with E-state index in [1.165, 1.54) is 13.8 Å². The van der Waals surface area contributed by atoms with E-state index in [9.17, 15) is 24.3 Å². The molecule has 10 heteroatoms. The summed E-state index contributed by atoms with van der Waals surface area (Å²) >= 11 is 0.741. The van der Waals surface area contributed by atoms with E-state index in [0.717, 1.165) is 11.8 Å². The lowest BCUT2D eigenvalue weighted by Gasteiger charge is -2.12. The Bertz CT molecular complexity index is 1030. The highest BCUT2D eigenvalue weighted by atomic mass is 32.2. The molecule has 9 nitrogen and oxygen atoms in total. The summed E-state index contributed by atoms with van der Waals surface area (Å²) < 4.78 is 0. The quantitative estimate of drug-likeness (QED) is 0.235. The fourth-order valence-electron chi connectivity index (χ4n) is 2.20. The van der Waals surface area contributed by atoms with Crippen molar-refractivity contribution in [2.45, 2.75) is 32.3 Å². The maximum atomic E-state index is 12.6. The highest BCUT2D eigenvalue weighted by molar-refractivity contribution is 8.03. The van der Waals surface area contributed by atoms with Crippen LogP contribution >= 0.6 is 11.8 Å². The number of anilines is 2. The maximum absolute atomic E-state index is 12.6. The van der Waals surface area contributed by atoms with Gasteiger partial charge in [-0.15, -0.1) is 0 Å². The number of aromatic amines is 1. The van der Waals surface area contributed by atoms with Crippen LogP contribution in [0.1, 0.15) is 37.6 Å². The van der Waals surface area contributed by atoms with Crippen molar-refractivity contribution >= 4 is 40.9 Å². The summed E-state index contributed by atoms with van der Waals surface area (Å²) in [6.07, 6.45) is 0.122. The number of nitrogens with one attached hydrogen (secondary N) is 3. The number of Topliss-reactive ketones (excluding diaryl/α,β-unsaturated/α-hetero) is 1. The number of rotatable bonds is 7. The highest BCUT2D eigenvalue weighted by Crippen LogP contribution is 2.28. The number of amides is 2. The Morgan fingerprint density at radius 3 is 2.34 bits per heavy atom. The number of hydrogen-bond acceptors (Lipinski definition) is 7. The van der Waals surface area contributed by atoms with Gasteiger partial charge < -0.3 is 15.7 Å². The number of nitrogens with zero attached hydrogens (tertiary/aromatic N) is 1. The number of carbonyl (C=O) groups excluding carboxylic acids is 3. The molecule has 0 radical (unpaired) electrons. The third kappa shape index (κ3) is 5.79. The van der Waals surface area contributed by atoms with E-state index in [2.05, 4.69) is 20.6 Å². The Hall–Kier alpha value is -3.40. The van der Waals surface area contributed by atoms with Crippen molar-refractivity contribution in [2.24, 2.45) is 0 Å². The second-order valence-electron chi connectivity index (χ2n) is 5.89. The smallest absolute Gasteiger partial charge is 0.277 e. The van der Waals surface area contributed by atoms with Crippen LogP contribution in [-0.4, -0.2) is 32.7 Å². The fourth-order valence-corrected chi connectivity index (χ4v) is 2.97. The molecular weight excluding hydrogens is 396 g/mol. The predicted octanol–water partition coefficient (Wildman–Crippen LogP) is 2.84. The van der Waals surface area contributed by atoms with Gasteiger partial charge in [-0.3, -0.25) is 24.2 Å². The molecule has 0 saturated heterocycles. The first-order chi connectivity index (χ1) is 13.7. The highest BCUT2D eigenvalue weighted by Gasteiger charge is 2.19. The minimum atomic E-state index is -0.725. The first-order valence-corrected chi connectivity index (χ1v) is 9.43. The molecule has 2 amide bonds. The van der Waals surface area contributed by atoms with E-state index < -0.39 is 23.2 Å². The molecule has 0 saturated carbocycles. The van der Waals surface area contributed by atoms with Gasteiger partial charge in [0.05, 0.1) is 4.91 Å². The molecule has 1 aromatic carbocycles. The fraction of sp³-hybridized carbons (Fsp3) is 0.211. The van der Waals surface area contributed by atoms with E-state index in [1.807, 2.05) is 0 Å². The molecule has 29 heavy (non-hydrogen) atoms. The third-order valence-electron chi connectivity index (χ3n) is 3.60. The van der Waals surface area contributed by atoms with Crippen LogP contribution in [0, 0.1) is 0 Å². The van der Waals surface area contributed by atoms with Crippen LogP contribution in [0.15, 0.2) is 50.9 Å². The average molecular weight is 416 g/mol. The minimum Gasteiger partial charge on any atom is -0.511 e. The van der Waals surface area contributed by atoms with Crippen LogP contribution in [-0.2, 0) is 9.59 Å². The first kappa shape index (κ1) is 21.9. The number of H-pyrrole nitrogens is 1. The molecule has 0 fully saturated rings. The standard InChI is InChI=1S/C19H20N4O5S/c1-4-13(26)20-16-14(21-17(27)12-8-6-5-7-9-12)18(28)23-19(22-16)29-15(10(2)24)11(3)25/h5-9,24H,4H2,1-3H3,(H,21,27)(H2,20,22,23,26,28)/b15-10-. The van der Waals surface area contributed by atoms with Gasteiger partial charge in [-0.1, -0.05) is 25.1 Å². The lowest BCUT2D eigenvalue weighted by molar-refractivity contribution is -0.116. The molecule has 0 spiro atoms. The zero-order valence-corrected chi connectivity index (χ0v) is 16.8. The number of aliphatic hydroxyl groups is 1. The number of thioether (sulfide) groups is 1. The largest absolute Gasteiger partial charge is 0.511 e. The van der Waals surface area contributed by atoms with Crippen LogP contribution in [0.25, 0.3) is 0 Å². The Kier molecular flexibility index (Phi) is 7.32. The van der Waals surface area contributed by atoms with Crippen molar-refractivity contribution in [1.82, 2.24) is 9.97 Å². The summed E-state index contributed by atoms with van der Waals surface area (Å²) in [7, 11) is 0. The summed E-state index contributed by atoms with van der Waals surface area (Å²) in [6, 6.07) is 8.22. The van der Waals surface area contributed by atoms with Gasteiger partial charge in [0.15, 0.2) is 22.4 Å². The minimum absolute atomic E-state index is 0.0120. The van der Waals surface area contributed by atoms with Gasteiger partial charge in [-0.05, 0) is 37.7 Å². The lowest BCUT2D eigenvalue weighted by Crippen LogP contribution is -2.25. The van der Waals surface area contributed by atoms with E-state index in [-0.39, 0.29) is 33.7 Å². The van der Waals surface area contributed by atoms with Crippen molar-refractivity contribution in [3.05, 3.63) is 56.9 Å². The third-order valence-corrected chi connectivity index (χ3v) is 4.77. The van der Waals surface area contributed by atoms with Crippen LogP contribution in [0.5, 0.6) is 0 Å². The van der Waals surface area contributed by atoms with Gasteiger partial charge in [-0.2, -0.15) is 0 Å². The Labute approximate surface area is 170 Å². The molecule has 4 N–H and O–H groups in total. The average Bonchev–Trinajstić information content (AvgIpc) is 2.68. The van der Waals surface area contributed by atoms with Gasteiger partial charge in [-0.25, -0.2) is 4.98 Å². The van der Waals surface area contributed by atoms with Crippen LogP contribution in [0.2, 0.25) is 0 Å². The van der Waals surface area contributed by atoms with E-state index in [1.54, 1.807) is 37.3 Å². The van der Waals surface area contributed by atoms with Gasteiger partial charge >= 0.3 is 0 Å². The van der Waals surface area contributed by atoms with E-state index in [4.69, 9.17) is 0 Å². The van der Waals surface area contributed by atoms with Crippen molar-refractivity contribution in [2.75, 3.05) is 10.6 Å². The number of benzene rings is 1. The number of hydrogen-bond donors (Lipinski definition) is 4. The number of allylic oxidation sites excluding steroid dienone is 2. The molecule has 1 heterocycles. The zero-order chi connectivity index (χ0) is 21.6. The molecule has 2 rings (SSSR count). The molecule has 152 valence electrons. The number of aromatic nitrogens is 2. The van der Waals surface area contributed by atoms with E-state index in [0.29, 0.717) is 5.56 Å². The second-order valence-corrected chi connectivity index (χ2v) is 6.89. The van der Waals surface area contributed by atoms with Gasteiger partial charge in [0.1, 0.15) is 5.76 Å². The topological polar surface area (TPSA) is 141 Å². The Morgan fingerprint density at radius 1 is 1.14 bits per heavy atom. The van der Waals surface area contributed by atoms with Crippen LogP contribution < -0.4 is 16.2 Å². The molecule has 0 bridgehead atoms. The number of carbonyl (C=O) groups is 3. The Balaban J connectivity index is 2.46.